The number of nitro benzene ring substituents is 1. The molecule has 0 fully saturated rings. The van der Waals surface area contributed by atoms with E-state index in [0.29, 0.717) is 11.4 Å². The fourth-order valence-electron chi connectivity index (χ4n) is 2.25. The molecule has 0 aliphatic carbocycles. The maximum absolute atomic E-state index is 12.3. The molecule has 9 nitrogen and oxygen atoms in total. The van der Waals surface area contributed by atoms with E-state index in [9.17, 15) is 14.9 Å². The molecule has 0 radical (unpaired) electrons. The number of nitrogens with zero attached hydrogens (tertiary/aromatic N) is 3. The molecule has 1 aromatic carbocycles. The summed E-state index contributed by atoms with van der Waals surface area (Å²) in [4.78, 5) is 22.5. The van der Waals surface area contributed by atoms with E-state index in [0.717, 1.165) is 5.69 Å². The number of carbonyl (C=O) groups excluding carboxylic acids is 1. The molecule has 0 unspecified atom stereocenters. The van der Waals surface area contributed by atoms with E-state index in [1.165, 1.54) is 24.3 Å². The molecule has 0 aliphatic rings. The second kappa shape index (κ2) is 7.50. The standard InChI is InChI=1S/C17H15ClN4O5/c1-10-14(8-19-21(10)2)20-17(23)15-6-4-12(27-15)9-26-16-7-11(22(24)25)3-5-13(16)18/h3-8H,9H2,1-2H3,(H,20,23). The molecule has 0 bridgehead atoms. The van der Waals surface area contributed by atoms with Crippen LogP contribution in [0.3, 0.4) is 0 Å². The van der Waals surface area contributed by atoms with Crippen LogP contribution in [0.4, 0.5) is 11.4 Å². The van der Waals surface area contributed by atoms with Crippen molar-refractivity contribution in [2.45, 2.75) is 13.5 Å². The second-order valence-electron chi connectivity index (χ2n) is 5.65. The van der Waals surface area contributed by atoms with Crippen molar-refractivity contribution < 1.29 is 18.9 Å². The van der Waals surface area contributed by atoms with Gasteiger partial charge in [0, 0.05) is 13.1 Å². The monoisotopic (exact) mass is 390 g/mol. The van der Waals surface area contributed by atoms with Gasteiger partial charge in [0.2, 0.25) is 0 Å². The van der Waals surface area contributed by atoms with Crippen LogP contribution in [0.15, 0.2) is 40.9 Å². The minimum Gasteiger partial charge on any atom is -0.484 e. The normalized spacial score (nSPS) is 10.6. The van der Waals surface area contributed by atoms with Gasteiger partial charge in [-0.3, -0.25) is 19.6 Å². The average molecular weight is 391 g/mol. The van der Waals surface area contributed by atoms with Crippen LogP contribution in [0.25, 0.3) is 0 Å². The van der Waals surface area contributed by atoms with Crippen molar-refractivity contribution in [3.05, 3.63) is 68.9 Å². The Kier molecular flexibility index (Phi) is 5.13. The van der Waals surface area contributed by atoms with Crippen LogP contribution in [0.1, 0.15) is 22.0 Å². The van der Waals surface area contributed by atoms with Crippen LogP contribution in [0, 0.1) is 17.0 Å². The summed E-state index contributed by atoms with van der Waals surface area (Å²) in [6.07, 6.45) is 1.55. The zero-order valence-corrected chi connectivity index (χ0v) is 15.2. The van der Waals surface area contributed by atoms with Gasteiger partial charge in [-0.1, -0.05) is 11.6 Å². The number of aromatic nitrogens is 2. The number of nitrogens with one attached hydrogen (secondary N) is 1. The van der Waals surface area contributed by atoms with Crippen molar-refractivity contribution >= 4 is 28.9 Å². The number of amides is 1. The Bertz CT molecular complexity index is 1010. The number of aryl methyl sites for hydroxylation is 1. The van der Waals surface area contributed by atoms with Crippen molar-refractivity contribution in [2.24, 2.45) is 7.05 Å². The smallest absolute Gasteiger partial charge is 0.291 e. The second-order valence-corrected chi connectivity index (χ2v) is 6.06. The van der Waals surface area contributed by atoms with Gasteiger partial charge in [0.15, 0.2) is 5.76 Å². The molecule has 0 saturated heterocycles. The summed E-state index contributed by atoms with van der Waals surface area (Å²) in [5.74, 6) is 0.192. The number of hydrogen-bond donors (Lipinski definition) is 1. The number of halogens is 1. The first-order valence-electron chi connectivity index (χ1n) is 7.80. The molecule has 2 aromatic heterocycles. The van der Waals surface area contributed by atoms with E-state index >= 15 is 0 Å². The van der Waals surface area contributed by atoms with Gasteiger partial charge in [0.1, 0.15) is 18.1 Å². The van der Waals surface area contributed by atoms with Crippen LogP contribution in [-0.2, 0) is 13.7 Å². The zero-order valence-electron chi connectivity index (χ0n) is 14.4. The Morgan fingerprint density at radius 3 is 2.85 bits per heavy atom. The number of hydrogen-bond acceptors (Lipinski definition) is 6. The number of benzene rings is 1. The lowest BCUT2D eigenvalue weighted by molar-refractivity contribution is -0.384. The Morgan fingerprint density at radius 2 is 2.19 bits per heavy atom. The Morgan fingerprint density at radius 1 is 1.41 bits per heavy atom. The van der Waals surface area contributed by atoms with Gasteiger partial charge in [-0.25, -0.2) is 0 Å². The van der Waals surface area contributed by atoms with Crippen molar-refractivity contribution in [1.29, 1.82) is 0 Å². The summed E-state index contributed by atoms with van der Waals surface area (Å²) in [7, 11) is 1.77. The molecular formula is C17H15ClN4O5. The number of carbonyl (C=O) groups is 1. The molecule has 3 rings (SSSR count). The molecule has 1 amide bonds. The number of furan rings is 1. The Labute approximate surface area is 158 Å². The van der Waals surface area contributed by atoms with Gasteiger partial charge in [0.05, 0.1) is 33.6 Å². The molecule has 1 N–H and O–H groups in total. The highest BCUT2D eigenvalue weighted by Gasteiger charge is 2.15. The van der Waals surface area contributed by atoms with E-state index in [1.54, 1.807) is 24.0 Å². The third-order valence-electron chi connectivity index (χ3n) is 3.86. The highest BCUT2D eigenvalue weighted by atomic mass is 35.5. The van der Waals surface area contributed by atoms with E-state index in [-0.39, 0.29) is 28.8 Å². The Balaban J connectivity index is 1.66. The summed E-state index contributed by atoms with van der Waals surface area (Å²) in [5.41, 5.74) is 1.25. The maximum Gasteiger partial charge on any atom is 0.291 e. The minimum absolute atomic E-state index is 0.0416. The molecule has 2 heterocycles. The van der Waals surface area contributed by atoms with Crippen molar-refractivity contribution in [2.75, 3.05) is 5.32 Å². The van der Waals surface area contributed by atoms with E-state index in [4.69, 9.17) is 20.8 Å². The van der Waals surface area contributed by atoms with Crippen LogP contribution in [0.5, 0.6) is 5.75 Å². The zero-order chi connectivity index (χ0) is 19.6. The van der Waals surface area contributed by atoms with Crippen LogP contribution >= 0.6 is 11.6 Å². The minimum atomic E-state index is -0.543. The maximum atomic E-state index is 12.3. The van der Waals surface area contributed by atoms with Crippen molar-refractivity contribution in [1.82, 2.24) is 9.78 Å². The van der Waals surface area contributed by atoms with E-state index in [2.05, 4.69) is 10.4 Å². The van der Waals surface area contributed by atoms with Gasteiger partial charge >= 0.3 is 0 Å². The first-order valence-corrected chi connectivity index (χ1v) is 8.18. The molecule has 27 heavy (non-hydrogen) atoms. The summed E-state index contributed by atoms with van der Waals surface area (Å²) < 4.78 is 12.6. The fraction of sp³-hybridized carbons (Fsp3) is 0.176. The first kappa shape index (κ1) is 18.5. The molecule has 0 spiro atoms. The van der Waals surface area contributed by atoms with Crippen molar-refractivity contribution in [3.8, 4) is 5.75 Å². The lowest BCUT2D eigenvalue weighted by Crippen LogP contribution is -2.11. The van der Waals surface area contributed by atoms with Gasteiger partial charge in [-0.15, -0.1) is 0 Å². The lowest BCUT2D eigenvalue weighted by Gasteiger charge is -2.06. The Hall–Kier alpha value is -3.33. The lowest BCUT2D eigenvalue weighted by atomic mass is 10.3. The van der Waals surface area contributed by atoms with Gasteiger partial charge < -0.3 is 14.5 Å². The number of nitro groups is 1. The summed E-state index contributed by atoms with van der Waals surface area (Å²) in [6.45, 7) is 1.78. The van der Waals surface area contributed by atoms with Crippen molar-refractivity contribution in [3.63, 3.8) is 0 Å². The molecule has 10 heteroatoms. The summed E-state index contributed by atoms with van der Waals surface area (Å²) in [6, 6.07) is 6.98. The third kappa shape index (κ3) is 4.09. The SMILES string of the molecule is Cc1c(NC(=O)c2ccc(COc3cc([N+](=O)[O-])ccc3Cl)o2)cnn1C. The number of non-ortho nitro benzene ring substituents is 1. The molecule has 0 aliphatic heterocycles. The number of ether oxygens (including phenoxy) is 1. The van der Waals surface area contributed by atoms with Crippen LogP contribution in [0.2, 0.25) is 5.02 Å². The van der Waals surface area contributed by atoms with Crippen LogP contribution in [-0.4, -0.2) is 20.6 Å². The number of rotatable bonds is 6. The van der Waals surface area contributed by atoms with Crippen LogP contribution < -0.4 is 10.1 Å². The highest BCUT2D eigenvalue weighted by molar-refractivity contribution is 6.32. The summed E-state index contributed by atoms with van der Waals surface area (Å²) in [5, 5.41) is 17.8. The summed E-state index contributed by atoms with van der Waals surface area (Å²) >= 11 is 5.98. The van der Waals surface area contributed by atoms with Gasteiger partial charge in [-0.05, 0) is 25.1 Å². The topological polar surface area (TPSA) is 112 Å². The fourth-order valence-corrected chi connectivity index (χ4v) is 2.42. The van der Waals surface area contributed by atoms with E-state index in [1.807, 2.05) is 6.92 Å². The number of anilines is 1. The van der Waals surface area contributed by atoms with Gasteiger partial charge in [-0.2, -0.15) is 5.10 Å². The van der Waals surface area contributed by atoms with Gasteiger partial charge in [0.25, 0.3) is 11.6 Å². The van der Waals surface area contributed by atoms with E-state index < -0.39 is 10.8 Å². The molecule has 0 atom stereocenters. The largest absolute Gasteiger partial charge is 0.484 e. The average Bonchev–Trinajstić information content (AvgIpc) is 3.23. The molecule has 0 saturated carbocycles. The molecule has 140 valence electrons. The predicted octanol–water partition coefficient (Wildman–Crippen LogP) is 3.71. The third-order valence-corrected chi connectivity index (χ3v) is 4.18. The first-order chi connectivity index (χ1) is 12.8. The quantitative estimate of drug-likeness (QED) is 0.507. The molecule has 3 aromatic rings. The highest BCUT2D eigenvalue weighted by Crippen LogP contribution is 2.29. The predicted molar refractivity (Wildman–Crippen MR) is 97.0 cm³/mol. The molecular weight excluding hydrogens is 376 g/mol.